The molecule has 0 radical (unpaired) electrons. The topological polar surface area (TPSA) is 227 Å². The third-order valence-electron chi connectivity index (χ3n) is 17.2. The second kappa shape index (κ2) is 44.0. The van der Waals surface area contributed by atoms with Gasteiger partial charge in [0.1, 0.15) is 68.7 Å². The largest absolute Gasteiger partial charge is 1.00 e. The zero-order valence-electron chi connectivity index (χ0n) is 66.5. The molecule has 9 aromatic carbocycles. The first-order valence-electron chi connectivity index (χ1n) is 35.6. The minimum absolute atomic E-state index is 0. The van der Waals surface area contributed by atoms with Crippen LogP contribution in [0.1, 0.15) is 171 Å². The Morgan fingerprint density at radius 3 is 0.795 bits per heavy atom. The summed E-state index contributed by atoms with van der Waals surface area (Å²) in [5.41, 5.74) is 0.724. The zero-order valence-corrected chi connectivity index (χ0v) is 72.6. The molecule has 112 heavy (non-hydrogen) atoms. The molecule has 2 unspecified atom stereocenters. The monoisotopic (exact) mass is 1660 g/mol. The first-order chi connectivity index (χ1) is 51.8. The smallest absolute Gasteiger partial charge is 0.744 e. The molecule has 0 aliphatic carbocycles. The van der Waals surface area contributed by atoms with Crippen molar-refractivity contribution in [3.8, 4) is 11.5 Å². The van der Waals surface area contributed by atoms with Crippen molar-refractivity contribution >= 4 is 52.1 Å². The van der Waals surface area contributed by atoms with Gasteiger partial charge >= 0.3 is 41.9 Å². The quantitative estimate of drug-likeness (QED) is 0.0153. The van der Waals surface area contributed by atoms with Crippen molar-refractivity contribution in [2.75, 3.05) is 41.0 Å². The molecule has 27 heteroatoms. The van der Waals surface area contributed by atoms with Gasteiger partial charge < -0.3 is 42.1 Å². The number of aryl methyl sites for hydroxylation is 1. The Morgan fingerprint density at radius 1 is 0.357 bits per heavy atom. The zero-order chi connectivity index (χ0) is 83.0. The van der Waals surface area contributed by atoms with Crippen molar-refractivity contribution in [3.05, 3.63) is 257 Å². The molecule has 0 aliphatic heterocycles. The van der Waals surface area contributed by atoms with E-state index in [0.717, 1.165) is 59.9 Å². The van der Waals surface area contributed by atoms with Gasteiger partial charge in [-0.1, -0.05) is 198 Å². The Kier molecular flexibility index (Phi) is 38.4. The first kappa shape index (κ1) is 97.8. The van der Waals surface area contributed by atoms with E-state index >= 15 is 0 Å². The number of hydrogen-bond donors (Lipinski definition) is 0. The summed E-state index contributed by atoms with van der Waals surface area (Å²) in [6, 6.07) is 68.0. The average molecular weight is 1660 g/mol. The van der Waals surface area contributed by atoms with Crippen molar-refractivity contribution in [2.24, 2.45) is 0 Å². The van der Waals surface area contributed by atoms with Crippen LogP contribution in [0.25, 0.3) is 0 Å². The minimum atomic E-state index is -4.60. The minimum Gasteiger partial charge on any atom is -0.744 e. The van der Waals surface area contributed by atoms with Crippen LogP contribution < -0.4 is 39.0 Å². The van der Waals surface area contributed by atoms with E-state index in [1.807, 2.05) is 184 Å². The van der Waals surface area contributed by atoms with Gasteiger partial charge in [0, 0.05) is 14.2 Å². The van der Waals surface area contributed by atoms with Crippen molar-refractivity contribution < 1.29 is 123 Å². The third-order valence-corrected chi connectivity index (χ3v) is 24.5. The molecule has 9 rings (SSSR count). The fraction of sp³-hybridized carbons (Fsp3) is 0.365. The van der Waals surface area contributed by atoms with Crippen LogP contribution in [0.3, 0.4) is 0 Å². The van der Waals surface area contributed by atoms with Gasteiger partial charge in [0.05, 0.1) is 36.5 Å². The van der Waals surface area contributed by atoms with E-state index in [0.29, 0.717) is 45.6 Å². The number of alkyl halides is 6. The van der Waals surface area contributed by atoms with Crippen LogP contribution in [0.2, 0.25) is 0 Å². The molecular weight excluding hydrogens is 1560 g/mol. The normalized spacial score (nSPS) is 13.1. The molecule has 604 valence electrons. The standard InChI is InChI=1S/2C24H24F3O3S.2C15H24O3S.C7H8O3S.Na/c2*1-23(24(25,26)27,30-18-28-2)17-29-19-13-15-22(16-14-19)31(20-9-5-3-6-10-20)21-11-7-4-8-12-21;2*1-9(2)12-7-13(10(3)4)15(19(16,17)18)14(8-12)11(5)6;1-6-2-4-7(5-3-6)11(8,9)10;/h2*3-16H,17-18H2,1-2H3;2*7-11H,1-6H3,(H,16,17,18);2-5H,1H3,(H,8,9,10);/q2*+1;;;;+1/p-3. The Balaban J connectivity index is 0.000000306. The molecule has 9 aromatic rings. The molecular formula is C85H101F6NaO15S5. The van der Waals surface area contributed by atoms with Crippen LogP contribution in [0.5, 0.6) is 11.5 Å². The summed E-state index contributed by atoms with van der Waals surface area (Å²) < 4.78 is 211. The van der Waals surface area contributed by atoms with E-state index in [1.54, 1.807) is 36.4 Å². The molecule has 0 amide bonds. The molecule has 0 spiro atoms. The molecule has 0 bridgehead atoms. The average Bonchev–Trinajstić information content (AvgIpc) is 0.773. The predicted molar refractivity (Wildman–Crippen MR) is 421 cm³/mol. The first-order valence-corrected chi connectivity index (χ1v) is 42.3. The van der Waals surface area contributed by atoms with Crippen molar-refractivity contribution in [2.45, 2.75) is 207 Å². The molecule has 0 fully saturated rings. The van der Waals surface area contributed by atoms with Gasteiger partial charge in [-0.15, -0.1) is 0 Å². The maximum absolute atomic E-state index is 13.4. The summed E-state index contributed by atoms with van der Waals surface area (Å²) in [5.74, 6) is 1.32. The number of ether oxygens (including phenoxy) is 6. The fourth-order valence-electron chi connectivity index (χ4n) is 10.7. The summed E-state index contributed by atoms with van der Waals surface area (Å²) in [7, 11) is -11.3. The maximum atomic E-state index is 13.4. The van der Waals surface area contributed by atoms with Crippen molar-refractivity contribution in [3.63, 3.8) is 0 Å². The summed E-state index contributed by atoms with van der Waals surface area (Å²) in [6.45, 7) is 25.0. The summed E-state index contributed by atoms with van der Waals surface area (Å²) in [4.78, 5) is 6.49. The molecule has 0 aromatic heterocycles. The summed E-state index contributed by atoms with van der Waals surface area (Å²) in [5, 5.41) is 0. The van der Waals surface area contributed by atoms with E-state index in [9.17, 15) is 65.3 Å². The van der Waals surface area contributed by atoms with Crippen LogP contribution >= 0.6 is 0 Å². The Hall–Kier alpha value is -6.57. The van der Waals surface area contributed by atoms with E-state index in [2.05, 4.69) is 85.7 Å². The van der Waals surface area contributed by atoms with Crippen LogP contribution in [-0.4, -0.2) is 103 Å². The molecule has 0 heterocycles. The van der Waals surface area contributed by atoms with E-state index in [4.69, 9.17) is 18.9 Å². The van der Waals surface area contributed by atoms with Crippen LogP contribution in [-0.2, 0) is 71.1 Å². The summed E-state index contributed by atoms with van der Waals surface area (Å²) in [6.07, 6.45) is -9.20. The molecule has 0 N–H and O–H groups in total. The van der Waals surface area contributed by atoms with Gasteiger partial charge in [-0.25, -0.2) is 25.3 Å². The van der Waals surface area contributed by atoms with E-state index in [-0.39, 0.29) is 89.7 Å². The van der Waals surface area contributed by atoms with Gasteiger partial charge in [0.25, 0.3) is 0 Å². The Labute approximate surface area is 686 Å². The number of methoxy groups -OCH3 is 2. The maximum Gasteiger partial charge on any atom is 1.00 e. The molecule has 0 saturated carbocycles. The van der Waals surface area contributed by atoms with Gasteiger partial charge in [0.2, 0.25) is 0 Å². The molecule has 0 saturated heterocycles. The number of rotatable bonds is 27. The molecule has 2 atom stereocenters. The van der Waals surface area contributed by atoms with E-state index in [1.165, 1.54) is 26.4 Å². The van der Waals surface area contributed by atoms with Gasteiger partial charge in [0.15, 0.2) is 40.6 Å². The Bertz CT molecular complexity index is 4280. The van der Waals surface area contributed by atoms with Crippen molar-refractivity contribution in [1.82, 2.24) is 0 Å². The van der Waals surface area contributed by atoms with E-state index < -0.39 is 80.7 Å². The third kappa shape index (κ3) is 29.0. The van der Waals surface area contributed by atoms with Crippen LogP contribution in [0.15, 0.2) is 262 Å². The molecule has 15 nitrogen and oxygen atoms in total. The number of benzene rings is 9. The second-order valence-electron chi connectivity index (χ2n) is 28.1. The van der Waals surface area contributed by atoms with Gasteiger partial charge in [-0.3, -0.25) is 0 Å². The predicted octanol–water partition coefficient (Wildman–Crippen LogP) is 18.0. The second-order valence-corrected chi connectivity index (χ2v) is 36.2. The van der Waals surface area contributed by atoms with Crippen molar-refractivity contribution in [1.29, 1.82) is 0 Å². The Morgan fingerprint density at radius 2 is 0.598 bits per heavy atom. The van der Waals surface area contributed by atoms with Crippen LogP contribution in [0.4, 0.5) is 26.3 Å². The van der Waals surface area contributed by atoms with Crippen LogP contribution in [0, 0.1) is 6.92 Å². The molecule has 0 aliphatic rings. The van der Waals surface area contributed by atoms with Gasteiger partial charge in [-0.05, 0) is 199 Å². The fourth-order valence-corrected chi connectivity index (χ4v) is 17.6. The number of hydrogen-bond acceptors (Lipinski definition) is 15. The summed E-state index contributed by atoms with van der Waals surface area (Å²) >= 11 is 0. The SMILES string of the molecule is CC(C)c1cc(C(C)C)c(S(=O)(=O)[O-])c(C(C)C)c1.CC(C)c1cc(C(C)C)c(S(=O)(=O)[O-])c(C(C)C)c1.COCOC(C)(COc1ccc([S+](c2ccccc2)c2ccccc2)cc1)C(F)(F)F.COCOC(C)(COc1ccc([S+](c2ccccc2)c2ccccc2)cc1)C(F)(F)F.Cc1ccc(S(=O)(=O)[O-])cc1.[Na+]. The number of halogens is 6. The van der Waals surface area contributed by atoms with Gasteiger partial charge in [-0.2, -0.15) is 26.3 Å².